The molecule has 0 saturated carbocycles. The van der Waals surface area contributed by atoms with E-state index in [1.807, 2.05) is 0 Å². The first kappa shape index (κ1) is 7.92. The van der Waals surface area contributed by atoms with E-state index in [0.29, 0.717) is 0 Å². The summed E-state index contributed by atoms with van der Waals surface area (Å²) in [6.07, 6.45) is 4.28. The van der Waals surface area contributed by atoms with Crippen LogP contribution in [0.4, 0.5) is 0 Å². The van der Waals surface area contributed by atoms with Crippen molar-refractivity contribution in [3.8, 4) is 0 Å². The minimum atomic E-state index is 0. The summed E-state index contributed by atoms with van der Waals surface area (Å²) >= 11 is 0. The van der Waals surface area contributed by atoms with Crippen LogP contribution in [0.3, 0.4) is 0 Å². The largest absolute Gasteiger partial charge is 0.306 e. The van der Waals surface area contributed by atoms with Crippen molar-refractivity contribution in [3.05, 3.63) is 0 Å². The molecule has 0 aromatic carbocycles. The van der Waals surface area contributed by atoms with Gasteiger partial charge in [-0.1, -0.05) is 6.42 Å². The molecule has 1 saturated heterocycles. The van der Waals surface area contributed by atoms with Gasteiger partial charge in [0.1, 0.15) is 0 Å². The van der Waals surface area contributed by atoms with Crippen LogP contribution in [-0.2, 0) is 0 Å². The van der Waals surface area contributed by atoms with E-state index in [0.717, 1.165) is 0 Å². The lowest BCUT2D eigenvalue weighted by atomic mass is 10.1. The Morgan fingerprint density at radius 3 is 1.75 bits per heavy atom. The number of nitrogens with zero attached hydrogens (tertiary/aromatic N) is 2. The van der Waals surface area contributed by atoms with Crippen LogP contribution < -0.4 is 6.15 Å². The van der Waals surface area contributed by atoms with Gasteiger partial charge in [0.2, 0.25) is 0 Å². The van der Waals surface area contributed by atoms with Crippen LogP contribution in [0.5, 0.6) is 0 Å². The maximum Gasteiger partial charge on any atom is 0 e. The molecular weight excluding hydrogens is 100 g/mol. The van der Waals surface area contributed by atoms with Gasteiger partial charge in [0.05, 0.1) is 0 Å². The zero-order valence-corrected chi connectivity index (χ0v) is 5.43. The molecule has 0 bridgehead atoms. The van der Waals surface area contributed by atoms with Crippen LogP contribution in [0.25, 0.3) is 0 Å². The van der Waals surface area contributed by atoms with Crippen molar-refractivity contribution in [1.82, 2.24) is 11.1 Å². The van der Waals surface area contributed by atoms with Crippen molar-refractivity contribution in [3.63, 3.8) is 0 Å². The van der Waals surface area contributed by atoms with Crippen LogP contribution in [0.15, 0.2) is 0 Å². The average molecular weight is 113 g/mol. The zero-order valence-electron chi connectivity index (χ0n) is 5.43. The van der Waals surface area contributed by atoms with Gasteiger partial charge in [-0.25, -0.2) is 0 Å². The SMILES string of the molecule is CN1CCCCC1.[N]. The lowest BCUT2D eigenvalue weighted by Gasteiger charge is -2.20. The summed E-state index contributed by atoms with van der Waals surface area (Å²) in [5.74, 6) is 0. The van der Waals surface area contributed by atoms with E-state index in [1.54, 1.807) is 0 Å². The van der Waals surface area contributed by atoms with Crippen molar-refractivity contribution in [2.24, 2.45) is 0 Å². The summed E-state index contributed by atoms with van der Waals surface area (Å²) < 4.78 is 0. The molecule has 3 radical (unpaired) electrons. The Balaban J connectivity index is 0.000000490. The van der Waals surface area contributed by atoms with E-state index in [-0.39, 0.29) is 6.15 Å². The second-order valence-corrected chi connectivity index (χ2v) is 2.36. The molecule has 0 atom stereocenters. The Bertz CT molecular complexity index is 48.5. The highest BCUT2D eigenvalue weighted by Gasteiger charge is 2.02. The number of rotatable bonds is 0. The quantitative estimate of drug-likeness (QED) is 0.453. The molecule has 2 heteroatoms. The van der Waals surface area contributed by atoms with E-state index in [2.05, 4.69) is 11.9 Å². The Hall–Kier alpha value is -0.0800. The predicted octanol–water partition coefficient (Wildman–Crippen LogP) is 0.621. The molecule has 1 aliphatic rings. The van der Waals surface area contributed by atoms with Gasteiger partial charge in [0.15, 0.2) is 0 Å². The Labute approximate surface area is 51.5 Å². The third kappa shape index (κ3) is 2.28. The fourth-order valence-corrected chi connectivity index (χ4v) is 1.05. The molecule has 0 unspecified atom stereocenters. The third-order valence-electron chi connectivity index (χ3n) is 1.58. The highest BCUT2D eigenvalue weighted by molar-refractivity contribution is 4.58. The highest BCUT2D eigenvalue weighted by Crippen LogP contribution is 2.04. The van der Waals surface area contributed by atoms with Gasteiger partial charge >= 0.3 is 0 Å². The summed E-state index contributed by atoms with van der Waals surface area (Å²) in [7, 11) is 2.19. The normalized spacial score (nSPS) is 22.1. The number of likely N-dealkylation sites (tertiary alicyclic amines) is 1. The van der Waals surface area contributed by atoms with Gasteiger partial charge in [-0.3, -0.25) is 0 Å². The minimum Gasteiger partial charge on any atom is -0.306 e. The molecule has 0 spiro atoms. The van der Waals surface area contributed by atoms with Crippen LogP contribution in [0.2, 0.25) is 0 Å². The van der Waals surface area contributed by atoms with Crippen molar-refractivity contribution in [2.75, 3.05) is 20.1 Å². The van der Waals surface area contributed by atoms with E-state index in [1.165, 1.54) is 32.4 Å². The number of piperidine rings is 1. The standard InChI is InChI=1S/C6H13N.N/c1-7-5-3-2-4-6-7;/h2-6H2,1H3;. The molecule has 8 heavy (non-hydrogen) atoms. The molecule has 1 aliphatic heterocycles. The molecule has 0 aliphatic carbocycles. The summed E-state index contributed by atoms with van der Waals surface area (Å²) in [6.45, 7) is 2.64. The Kier molecular flexibility index (Phi) is 3.83. The Morgan fingerprint density at radius 2 is 1.50 bits per heavy atom. The fraction of sp³-hybridized carbons (Fsp3) is 1.00. The number of hydrogen-bond acceptors (Lipinski definition) is 1. The number of hydrogen-bond donors (Lipinski definition) is 0. The van der Waals surface area contributed by atoms with E-state index in [4.69, 9.17) is 0 Å². The molecule has 1 heterocycles. The van der Waals surface area contributed by atoms with Crippen molar-refractivity contribution >= 4 is 0 Å². The minimum absolute atomic E-state index is 0. The monoisotopic (exact) mass is 113 g/mol. The molecule has 1 fully saturated rings. The van der Waals surface area contributed by atoms with Gasteiger partial charge in [-0.2, -0.15) is 0 Å². The fourth-order valence-electron chi connectivity index (χ4n) is 1.05. The summed E-state index contributed by atoms with van der Waals surface area (Å²) in [5.41, 5.74) is 0. The highest BCUT2D eigenvalue weighted by atomic mass is 15.1. The topological polar surface area (TPSA) is 33.7 Å². The molecule has 0 aromatic heterocycles. The Morgan fingerprint density at radius 1 is 1.00 bits per heavy atom. The second kappa shape index (κ2) is 3.87. The van der Waals surface area contributed by atoms with E-state index < -0.39 is 0 Å². The molecular formula is C6H13N2. The first-order chi connectivity index (χ1) is 3.39. The second-order valence-electron chi connectivity index (χ2n) is 2.36. The molecule has 0 aromatic rings. The van der Waals surface area contributed by atoms with Crippen LogP contribution in [0, 0.1) is 0 Å². The molecule has 0 amide bonds. The van der Waals surface area contributed by atoms with Gasteiger partial charge in [-0.15, -0.1) is 0 Å². The van der Waals surface area contributed by atoms with Gasteiger partial charge in [-0.05, 0) is 33.0 Å². The van der Waals surface area contributed by atoms with Gasteiger partial charge in [0, 0.05) is 6.15 Å². The predicted molar refractivity (Wildman–Crippen MR) is 33.5 cm³/mol. The maximum atomic E-state index is 2.39. The van der Waals surface area contributed by atoms with E-state index >= 15 is 0 Å². The van der Waals surface area contributed by atoms with Gasteiger partial charge < -0.3 is 4.90 Å². The summed E-state index contributed by atoms with van der Waals surface area (Å²) in [5, 5.41) is 0. The van der Waals surface area contributed by atoms with E-state index in [9.17, 15) is 0 Å². The van der Waals surface area contributed by atoms with Crippen molar-refractivity contribution in [1.29, 1.82) is 0 Å². The summed E-state index contributed by atoms with van der Waals surface area (Å²) in [4.78, 5) is 2.39. The van der Waals surface area contributed by atoms with Gasteiger partial charge in [0.25, 0.3) is 0 Å². The lowest BCUT2D eigenvalue weighted by molar-refractivity contribution is 0.277. The molecule has 47 valence electrons. The van der Waals surface area contributed by atoms with Crippen molar-refractivity contribution < 1.29 is 0 Å². The third-order valence-corrected chi connectivity index (χ3v) is 1.58. The molecule has 1 rings (SSSR count). The maximum absolute atomic E-state index is 2.39. The first-order valence-corrected chi connectivity index (χ1v) is 3.08. The first-order valence-electron chi connectivity index (χ1n) is 3.08. The van der Waals surface area contributed by atoms with Crippen molar-refractivity contribution in [2.45, 2.75) is 19.3 Å². The zero-order chi connectivity index (χ0) is 5.11. The lowest BCUT2D eigenvalue weighted by Crippen LogP contribution is -2.24. The van der Waals surface area contributed by atoms with Crippen LogP contribution in [-0.4, -0.2) is 25.0 Å². The van der Waals surface area contributed by atoms with Crippen LogP contribution >= 0.6 is 0 Å². The summed E-state index contributed by atoms with van der Waals surface area (Å²) in [6, 6.07) is 0. The van der Waals surface area contributed by atoms with Crippen LogP contribution in [0.1, 0.15) is 19.3 Å². The molecule has 0 N–H and O–H groups in total. The molecule has 2 nitrogen and oxygen atoms in total. The average Bonchev–Trinajstić information content (AvgIpc) is 1.69. The smallest absolute Gasteiger partial charge is 0 e.